The van der Waals surface area contributed by atoms with Crippen molar-refractivity contribution in [3.63, 3.8) is 0 Å². The lowest BCUT2D eigenvalue weighted by atomic mass is 9.63. The van der Waals surface area contributed by atoms with Gasteiger partial charge in [0.25, 0.3) is 0 Å². The quantitative estimate of drug-likeness (QED) is 0.291. The van der Waals surface area contributed by atoms with Gasteiger partial charge in [-0.15, -0.1) is 0 Å². The number of allylic oxidation sites excluding steroid dienone is 10. The molecule has 4 nitrogen and oxygen atoms in total. The van der Waals surface area contributed by atoms with Gasteiger partial charge in [0.1, 0.15) is 6.79 Å². The average molecular weight is 605 g/mol. The predicted molar refractivity (Wildman–Crippen MR) is 203 cm³/mol. The Morgan fingerprint density at radius 3 is 2.02 bits per heavy atom. The van der Waals surface area contributed by atoms with E-state index in [1.165, 1.54) is 66.5 Å². The minimum Gasteiger partial charge on any atom is -0.412 e. The maximum atomic E-state index is 8.00. The highest BCUT2D eigenvalue weighted by Crippen LogP contribution is 2.51. The molecule has 44 heavy (non-hydrogen) atoms. The Balaban J connectivity index is -0.000000566. The van der Waals surface area contributed by atoms with Gasteiger partial charge in [-0.25, -0.2) is 0 Å². The van der Waals surface area contributed by atoms with Crippen LogP contribution in [0.4, 0.5) is 0 Å². The number of carbonyl (C=O) groups excluding carboxylic acids is 1. The summed E-state index contributed by atoms with van der Waals surface area (Å²) in [5.41, 5.74) is 13.4. The van der Waals surface area contributed by atoms with E-state index >= 15 is 0 Å². The summed E-state index contributed by atoms with van der Waals surface area (Å²) in [6.45, 7) is 24.2. The van der Waals surface area contributed by atoms with E-state index in [0.717, 1.165) is 12.8 Å². The summed E-state index contributed by atoms with van der Waals surface area (Å²) in [6, 6.07) is 20.4. The number of rotatable bonds is 6. The van der Waals surface area contributed by atoms with Crippen LogP contribution in [0.5, 0.6) is 0 Å². The van der Waals surface area contributed by atoms with Gasteiger partial charge in [0.15, 0.2) is 0 Å². The van der Waals surface area contributed by atoms with Crippen LogP contribution in [0.25, 0.3) is 16.3 Å². The molecule has 0 heterocycles. The Labute approximate surface area is 272 Å². The summed E-state index contributed by atoms with van der Waals surface area (Å²) in [5.74, 6) is 0. The second-order valence-corrected chi connectivity index (χ2v) is 10.7. The second kappa shape index (κ2) is 19.4. The van der Waals surface area contributed by atoms with Crippen LogP contribution in [-0.2, 0) is 16.6 Å². The smallest absolute Gasteiger partial charge is 0.106 e. The number of aryl methyl sites for hydroxylation is 2. The lowest BCUT2D eigenvalue weighted by molar-refractivity contribution is -0.0980. The first-order valence-electron chi connectivity index (χ1n) is 15.0. The molecule has 0 aromatic heterocycles. The molecule has 3 aromatic rings. The lowest BCUT2D eigenvalue weighted by Crippen LogP contribution is -2.29. The van der Waals surface area contributed by atoms with Crippen LogP contribution in [0, 0.1) is 13.8 Å². The van der Waals surface area contributed by atoms with Gasteiger partial charge in [-0.3, -0.25) is 0 Å². The van der Waals surface area contributed by atoms with Crippen LogP contribution in [0.1, 0.15) is 93.9 Å². The highest BCUT2D eigenvalue weighted by atomic mass is 16.1. The van der Waals surface area contributed by atoms with E-state index in [9.17, 15) is 0 Å². The molecular weight excluding hydrogens is 540 g/mol. The van der Waals surface area contributed by atoms with Crippen molar-refractivity contribution in [1.29, 1.82) is 0 Å². The number of benzene rings is 3. The van der Waals surface area contributed by atoms with Crippen molar-refractivity contribution in [2.45, 2.75) is 87.5 Å². The molecule has 1 aliphatic rings. The lowest BCUT2D eigenvalue weighted by Gasteiger charge is -2.39. The zero-order chi connectivity index (χ0) is 30.7. The molecule has 1 atom stereocenters. The molecule has 4 heteroatoms. The fourth-order valence-electron chi connectivity index (χ4n) is 6.38. The van der Waals surface area contributed by atoms with Crippen molar-refractivity contribution >= 4 is 23.1 Å². The van der Waals surface area contributed by atoms with E-state index in [-0.39, 0.29) is 27.5 Å². The highest BCUT2D eigenvalue weighted by Gasteiger charge is 2.39. The molecule has 0 fully saturated rings. The van der Waals surface area contributed by atoms with Crippen LogP contribution in [0.3, 0.4) is 0 Å². The number of carbonyl (C=O) groups is 1. The van der Waals surface area contributed by atoms with Crippen LogP contribution < -0.4 is 12.3 Å². The zero-order valence-corrected chi connectivity index (χ0v) is 29.0. The molecule has 4 rings (SSSR count). The Morgan fingerprint density at radius 1 is 0.886 bits per heavy atom. The van der Waals surface area contributed by atoms with E-state index in [2.05, 4.69) is 140 Å². The largest absolute Gasteiger partial charge is 0.412 e. The topological polar surface area (TPSA) is 119 Å². The minimum absolute atomic E-state index is 0. The molecule has 0 radical (unpaired) electrons. The third-order valence-corrected chi connectivity index (χ3v) is 8.40. The second-order valence-electron chi connectivity index (χ2n) is 10.7. The zero-order valence-electron chi connectivity index (χ0n) is 29.0. The van der Waals surface area contributed by atoms with E-state index in [1.807, 2.05) is 20.6 Å². The van der Waals surface area contributed by atoms with Crippen LogP contribution in [-0.4, -0.2) is 12.3 Å². The van der Waals surface area contributed by atoms with Gasteiger partial charge in [0, 0.05) is 9.69 Å². The van der Waals surface area contributed by atoms with Crippen LogP contribution in [0.2, 0.25) is 0 Å². The summed E-state index contributed by atoms with van der Waals surface area (Å²) >= 11 is 0. The SMILES string of the molecule is C/C=C(\C1=C(C)CC(C)=CC=C1)C(C)(/C(=C/C)c1cccc(C)c1C)c1cccc2cccc(CC)c12.C=O.CC.N.N.O.[HH].[HH].[HH]. The first-order chi connectivity index (χ1) is 19.8. The van der Waals surface area contributed by atoms with Crippen molar-refractivity contribution in [3.8, 4) is 0 Å². The number of hydrogen-bond donors (Lipinski definition) is 2. The summed E-state index contributed by atoms with van der Waals surface area (Å²) in [7, 11) is 0. The Hall–Kier alpha value is -3.83. The maximum absolute atomic E-state index is 8.00. The highest BCUT2D eigenvalue weighted by molar-refractivity contribution is 5.95. The molecule has 0 bridgehead atoms. The predicted octanol–water partition coefficient (Wildman–Crippen LogP) is 11.6. The Bertz CT molecular complexity index is 1530. The summed E-state index contributed by atoms with van der Waals surface area (Å²) in [4.78, 5) is 8.00. The third kappa shape index (κ3) is 8.21. The third-order valence-electron chi connectivity index (χ3n) is 8.40. The maximum Gasteiger partial charge on any atom is 0.106 e. The summed E-state index contributed by atoms with van der Waals surface area (Å²) in [6.07, 6.45) is 13.6. The van der Waals surface area contributed by atoms with E-state index in [4.69, 9.17) is 4.79 Å². The standard InChI is InChI=1S/C37H42.C2H6.CH2O.2H3N.H2O.3H2/c1-9-29-18-14-19-30-20-15-23-35(36(29)30)37(8,34(11-3)32-22-13-17-26(5)28(32)7)33(10-2)31-21-12-16-25(4)24-27(31)6;2*1-2;;;;;;/h10-23H,9,24H2,1-8H3;1-2H3;1H2;2*1H3;1H2;3*1H/b33-10+,34-11+;;;;;;;;. The van der Waals surface area contributed by atoms with Crippen molar-refractivity contribution in [2.24, 2.45) is 0 Å². The van der Waals surface area contributed by atoms with E-state index in [0.29, 0.717) is 0 Å². The molecule has 0 saturated carbocycles. The van der Waals surface area contributed by atoms with Crippen LogP contribution >= 0.6 is 0 Å². The Kier molecular flexibility index (Phi) is 18.7. The summed E-state index contributed by atoms with van der Waals surface area (Å²) in [5, 5.41) is 2.71. The van der Waals surface area contributed by atoms with Gasteiger partial charge in [-0.05, 0) is 117 Å². The molecule has 1 aliphatic carbocycles. The monoisotopic (exact) mass is 604 g/mol. The fourth-order valence-corrected chi connectivity index (χ4v) is 6.38. The molecule has 8 N–H and O–H groups in total. The first-order valence-corrected chi connectivity index (χ1v) is 15.0. The molecule has 0 aliphatic heterocycles. The van der Waals surface area contributed by atoms with E-state index < -0.39 is 0 Å². The van der Waals surface area contributed by atoms with Crippen LogP contribution in [0.15, 0.2) is 107 Å². The molecule has 3 aromatic carbocycles. The molecule has 0 amide bonds. The minimum atomic E-state index is -0.355. The van der Waals surface area contributed by atoms with E-state index in [1.54, 1.807) is 0 Å². The molecule has 0 saturated heterocycles. The Morgan fingerprint density at radius 2 is 1.45 bits per heavy atom. The number of hydrogen-bond acceptors (Lipinski definition) is 3. The molecular formula is C40H64N2O2. The average Bonchev–Trinajstić information content (AvgIpc) is 3.16. The molecule has 0 spiro atoms. The number of fused-ring (bicyclic) bond motifs is 1. The van der Waals surface area contributed by atoms with Crippen molar-refractivity contribution in [3.05, 3.63) is 135 Å². The van der Waals surface area contributed by atoms with Gasteiger partial charge < -0.3 is 22.6 Å². The summed E-state index contributed by atoms with van der Waals surface area (Å²) < 4.78 is 0. The van der Waals surface area contributed by atoms with Gasteiger partial charge in [0.05, 0.1) is 0 Å². The van der Waals surface area contributed by atoms with Crippen molar-refractivity contribution in [1.82, 2.24) is 12.3 Å². The van der Waals surface area contributed by atoms with Gasteiger partial charge in [-0.1, -0.05) is 117 Å². The molecule has 1 unspecified atom stereocenters. The van der Waals surface area contributed by atoms with Gasteiger partial charge in [-0.2, -0.15) is 0 Å². The van der Waals surface area contributed by atoms with Crippen molar-refractivity contribution in [2.75, 3.05) is 0 Å². The molecule has 246 valence electrons. The van der Waals surface area contributed by atoms with Gasteiger partial charge in [0.2, 0.25) is 0 Å². The fraction of sp³-hybridized carbons (Fsp3) is 0.325. The normalized spacial score (nSPS) is 14.2. The van der Waals surface area contributed by atoms with Gasteiger partial charge >= 0.3 is 0 Å². The van der Waals surface area contributed by atoms with Crippen molar-refractivity contribution < 1.29 is 14.6 Å². The first kappa shape index (κ1) is 42.3.